The molecule has 0 radical (unpaired) electrons. The van der Waals surface area contributed by atoms with Gasteiger partial charge in [-0.25, -0.2) is 0 Å². The topological polar surface area (TPSA) is 51.5 Å². The van der Waals surface area contributed by atoms with Crippen LogP contribution in [0.25, 0.3) is 16.5 Å². The Morgan fingerprint density at radius 1 is 1.27 bits per heavy atom. The summed E-state index contributed by atoms with van der Waals surface area (Å²) in [4.78, 5) is 12.6. The molecule has 5 heteroatoms. The summed E-state index contributed by atoms with van der Waals surface area (Å²) in [6.45, 7) is 4.34. The van der Waals surface area contributed by atoms with Gasteiger partial charge in [-0.2, -0.15) is 0 Å². The minimum atomic E-state index is -0.165. The Labute approximate surface area is 181 Å². The molecule has 4 rings (SSSR count). The Bertz CT molecular complexity index is 1140. The van der Waals surface area contributed by atoms with E-state index in [9.17, 15) is 4.79 Å². The van der Waals surface area contributed by atoms with Crippen molar-refractivity contribution in [2.45, 2.75) is 46.1 Å². The van der Waals surface area contributed by atoms with Crippen LogP contribution >= 0.6 is 11.6 Å². The maximum atomic E-state index is 12.6. The van der Waals surface area contributed by atoms with Crippen LogP contribution in [0.1, 0.15) is 47.8 Å². The van der Waals surface area contributed by atoms with Gasteiger partial charge >= 0.3 is 0 Å². The number of allylic oxidation sites excluding steroid dienone is 1. The highest BCUT2D eigenvalue weighted by atomic mass is 35.5. The minimum absolute atomic E-state index is 0.165. The van der Waals surface area contributed by atoms with Crippen molar-refractivity contribution in [2.75, 3.05) is 7.11 Å². The number of hydrogen-bond donors (Lipinski definition) is 1. The number of amides is 1. The molecule has 0 aliphatic heterocycles. The summed E-state index contributed by atoms with van der Waals surface area (Å²) in [5.74, 6) is 1.68. The van der Waals surface area contributed by atoms with Gasteiger partial charge in [0.25, 0.3) is 0 Å². The van der Waals surface area contributed by atoms with E-state index in [1.807, 2.05) is 38.1 Å². The number of methoxy groups -OCH3 is 1. The molecule has 0 bridgehead atoms. The van der Waals surface area contributed by atoms with Crippen molar-refractivity contribution < 1.29 is 13.9 Å². The van der Waals surface area contributed by atoms with Crippen LogP contribution in [-0.4, -0.2) is 13.0 Å². The highest BCUT2D eigenvalue weighted by Crippen LogP contribution is 2.41. The van der Waals surface area contributed by atoms with Crippen LogP contribution in [0.4, 0.5) is 0 Å². The fourth-order valence-corrected chi connectivity index (χ4v) is 4.44. The van der Waals surface area contributed by atoms with Gasteiger partial charge in [-0.3, -0.25) is 4.79 Å². The van der Waals surface area contributed by atoms with Crippen molar-refractivity contribution in [3.8, 4) is 5.75 Å². The van der Waals surface area contributed by atoms with Crippen molar-refractivity contribution in [2.24, 2.45) is 0 Å². The van der Waals surface area contributed by atoms with E-state index < -0.39 is 0 Å². The molecular formula is C25H26ClNO3. The zero-order valence-corrected chi connectivity index (χ0v) is 18.4. The Balaban J connectivity index is 1.65. The Hall–Kier alpha value is -2.72. The third-order valence-corrected chi connectivity index (χ3v) is 6.18. The smallest absolute Gasteiger partial charge is 0.244 e. The van der Waals surface area contributed by atoms with Crippen LogP contribution < -0.4 is 10.1 Å². The van der Waals surface area contributed by atoms with E-state index in [-0.39, 0.29) is 5.91 Å². The summed E-state index contributed by atoms with van der Waals surface area (Å²) in [7, 11) is 1.66. The quantitative estimate of drug-likeness (QED) is 0.512. The van der Waals surface area contributed by atoms with Gasteiger partial charge in [-0.15, -0.1) is 0 Å². The number of carbonyl (C=O) groups is 1. The van der Waals surface area contributed by atoms with Gasteiger partial charge in [0.15, 0.2) is 0 Å². The summed E-state index contributed by atoms with van der Waals surface area (Å²) < 4.78 is 11.9. The molecule has 156 valence electrons. The van der Waals surface area contributed by atoms with Gasteiger partial charge in [-0.05, 0) is 56.4 Å². The number of benzene rings is 2. The lowest BCUT2D eigenvalue weighted by molar-refractivity contribution is -0.116. The maximum Gasteiger partial charge on any atom is 0.244 e. The summed E-state index contributed by atoms with van der Waals surface area (Å²) >= 11 is 6.18. The average molecular weight is 424 g/mol. The standard InChI is InChI=1S/C25H26ClNO3/c1-15(12-23(28)27-14-17-8-4-6-10-21(17)26)19-13-20-18-9-5-7-11-22(18)30-25(20)16(2)24(19)29-3/h4,6,8,10,12-13H,5,7,9,11,14H2,1-3H3,(H,27,28)/b15-12+. The third-order valence-electron chi connectivity index (χ3n) is 5.81. The number of fused-ring (bicyclic) bond motifs is 3. The normalized spacial score (nSPS) is 13.9. The van der Waals surface area contributed by atoms with Crippen LogP contribution in [0, 0.1) is 6.92 Å². The summed E-state index contributed by atoms with van der Waals surface area (Å²) in [6.07, 6.45) is 5.99. The monoisotopic (exact) mass is 423 g/mol. The van der Waals surface area contributed by atoms with E-state index in [1.54, 1.807) is 13.2 Å². The molecule has 0 saturated carbocycles. The number of halogens is 1. The minimum Gasteiger partial charge on any atom is -0.496 e. The van der Waals surface area contributed by atoms with Crippen molar-refractivity contribution in [3.05, 3.63) is 69.4 Å². The maximum absolute atomic E-state index is 12.6. The predicted molar refractivity (Wildman–Crippen MR) is 121 cm³/mol. The first kappa shape index (κ1) is 20.5. The van der Waals surface area contributed by atoms with E-state index in [4.69, 9.17) is 20.8 Å². The second-order valence-corrected chi connectivity index (χ2v) is 8.21. The number of carbonyl (C=O) groups excluding carboxylic acids is 1. The largest absolute Gasteiger partial charge is 0.496 e. The number of furan rings is 1. The van der Waals surface area contributed by atoms with E-state index >= 15 is 0 Å². The highest BCUT2D eigenvalue weighted by Gasteiger charge is 2.23. The third kappa shape index (κ3) is 3.84. The second kappa shape index (κ2) is 8.57. The molecule has 1 amide bonds. The van der Waals surface area contributed by atoms with E-state index in [1.165, 1.54) is 18.4 Å². The molecule has 0 atom stereocenters. The van der Waals surface area contributed by atoms with Crippen LogP contribution in [0.3, 0.4) is 0 Å². The first-order chi connectivity index (χ1) is 14.5. The van der Waals surface area contributed by atoms with E-state index in [2.05, 4.69) is 11.4 Å². The van der Waals surface area contributed by atoms with Crippen LogP contribution in [0.15, 0.2) is 40.8 Å². The zero-order chi connectivity index (χ0) is 21.3. The summed E-state index contributed by atoms with van der Waals surface area (Å²) in [6, 6.07) is 9.61. The van der Waals surface area contributed by atoms with Crippen molar-refractivity contribution >= 4 is 34.1 Å². The van der Waals surface area contributed by atoms with Crippen LogP contribution in [0.5, 0.6) is 5.75 Å². The molecule has 0 unspecified atom stereocenters. The van der Waals surface area contributed by atoms with Gasteiger partial charge in [-0.1, -0.05) is 29.8 Å². The van der Waals surface area contributed by atoms with Crippen molar-refractivity contribution in [1.29, 1.82) is 0 Å². The molecule has 1 aliphatic rings. The van der Waals surface area contributed by atoms with Crippen LogP contribution in [0.2, 0.25) is 5.02 Å². The molecule has 0 fully saturated rings. The molecule has 1 aromatic heterocycles. The lowest BCUT2D eigenvalue weighted by atomic mass is 9.93. The molecule has 1 heterocycles. The second-order valence-electron chi connectivity index (χ2n) is 7.81. The molecule has 0 saturated heterocycles. The number of aryl methyl sites for hydroxylation is 3. The van der Waals surface area contributed by atoms with Crippen molar-refractivity contribution in [3.63, 3.8) is 0 Å². The molecule has 0 spiro atoms. The van der Waals surface area contributed by atoms with Gasteiger partial charge in [0.2, 0.25) is 5.91 Å². The van der Waals surface area contributed by atoms with Gasteiger partial charge in [0.05, 0.1) is 7.11 Å². The molecular weight excluding hydrogens is 398 g/mol. The Morgan fingerprint density at radius 2 is 2.03 bits per heavy atom. The molecule has 4 nitrogen and oxygen atoms in total. The first-order valence-electron chi connectivity index (χ1n) is 10.3. The summed E-state index contributed by atoms with van der Waals surface area (Å²) in [5.41, 5.74) is 5.84. The summed E-state index contributed by atoms with van der Waals surface area (Å²) in [5, 5.41) is 4.70. The van der Waals surface area contributed by atoms with Crippen molar-refractivity contribution in [1.82, 2.24) is 5.32 Å². The number of nitrogens with one attached hydrogen (secondary N) is 1. The lowest BCUT2D eigenvalue weighted by Crippen LogP contribution is -2.20. The molecule has 2 aromatic carbocycles. The highest BCUT2D eigenvalue weighted by molar-refractivity contribution is 6.31. The van der Waals surface area contributed by atoms with Gasteiger partial charge in [0.1, 0.15) is 17.1 Å². The SMILES string of the molecule is COc1c(/C(C)=C/C(=O)NCc2ccccc2Cl)cc2c3c(oc2c1C)CCCC3. The number of hydrogen-bond acceptors (Lipinski definition) is 3. The van der Waals surface area contributed by atoms with Crippen LogP contribution in [-0.2, 0) is 24.2 Å². The fourth-order valence-electron chi connectivity index (χ4n) is 4.24. The van der Waals surface area contributed by atoms with Gasteiger partial charge < -0.3 is 14.5 Å². The molecule has 30 heavy (non-hydrogen) atoms. The Kier molecular flexibility index (Phi) is 5.87. The zero-order valence-electron chi connectivity index (χ0n) is 17.6. The number of rotatable bonds is 5. The average Bonchev–Trinajstić information content (AvgIpc) is 3.12. The molecule has 1 aliphatic carbocycles. The fraction of sp³-hybridized carbons (Fsp3) is 0.320. The van der Waals surface area contributed by atoms with Gasteiger partial charge in [0, 0.05) is 46.1 Å². The number of ether oxygens (including phenoxy) is 1. The van der Waals surface area contributed by atoms with E-state index in [0.29, 0.717) is 11.6 Å². The predicted octanol–water partition coefficient (Wildman–Crippen LogP) is 6.00. The molecule has 3 aromatic rings. The molecule has 1 N–H and O–H groups in total. The first-order valence-corrected chi connectivity index (χ1v) is 10.7. The van der Waals surface area contributed by atoms with E-state index in [0.717, 1.165) is 57.6 Å². The lowest BCUT2D eigenvalue weighted by Gasteiger charge is -2.14. The Morgan fingerprint density at radius 3 is 2.80 bits per heavy atom.